The van der Waals surface area contributed by atoms with Crippen molar-refractivity contribution < 1.29 is 0 Å². The lowest BCUT2D eigenvalue weighted by atomic mass is 9.33. The molecule has 0 spiro atoms. The Kier molecular flexibility index (Phi) is 18.1. The van der Waals surface area contributed by atoms with Crippen LogP contribution in [0.2, 0.25) is 0 Å². The second-order valence-electron chi connectivity index (χ2n) is 39.6. The predicted molar refractivity (Wildman–Crippen MR) is 516 cm³/mol. The third-order valence-electron chi connectivity index (χ3n) is 27.0. The Morgan fingerprint density at radius 3 is 0.843 bits per heavy atom. The molecule has 16 aromatic rings. The molecule has 2 heterocycles. The van der Waals surface area contributed by atoms with Gasteiger partial charge in [-0.05, 0) is 219 Å². The van der Waals surface area contributed by atoms with Gasteiger partial charge < -0.3 is 9.80 Å². The maximum absolute atomic E-state index is 2.70. The van der Waals surface area contributed by atoms with Crippen LogP contribution in [0.4, 0.5) is 34.1 Å². The van der Waals surface area contributed by atoms with Crippen LogP contribution in [0.1, 0.15) is 176 Å². The first-order valence-corrected chi connectivity index (χ1v) is 43.6. The van der Waals surface area contributed by atoms with Crippen molar-refractivity contribution in [2.24, 2.45) is 0 Å². The Hall–Kier alpha value is -12.8. The summed E-state index contributed by atoms with van der Waals surface area (Å²) in [5.41, 5.74) is 42.2. The first-order chi connectivity index (χ1) is 58.2. The fraction of sp³-hybridized carbons (Fsp3) is 0.186. The highest BCUT2D eigenvalue weighted by Crippen LogP contribution is 2.62. The maximum Gasteiger partial charge on any atom is 0.252 e. The third-order valence-corrected chi connectivity index (χ3v) is 27.0. The van der Waals surface area contributed by atoms with Gasteiger partial charge in [0.15, 0.2) is 0 Å². The summed E-state index contributed by atoms with van der Waals surface area (Å²) in [5, 5.41) is 0. The molecule has 0 saturated carbocycles. The molecule has 20 rings (SSSR count). The van der Waals surface area contributed by atoms with Gasteiger partial charge in [-0.3, -0.25) is 0 Å². The minimum absolute atomic E-state index is 0.0553. The van der Waals surface area contributed by atoms with Crippen molar-refractivity contribution in [3.63, 3.8) is 0 Å². The average molecular weight is 1560 g/mol. The molecule has 590 valence electrons. The number of hydrogen-bond donors (Lipinski definition) is 0. The van der Waals surface area contributed by atoms with E-state index in [1.165, 1.54) is 155 Å². The molecule has 0 fully saturated rings. The fourth-order valence-corrected chi connectivity index (χ4v) is 20.8. The Morgan fingerprint density at radius 2 is 0.496 bits per heavy atom. The molecule has 0 radical (unpaired) electrons. The molecule has 121 heavy (non-hydrogen) atoms. The van der Waals surface area contributed by atoms with Gasteiger partial charge in [-0.1, -0.05) is 431 Å². The van der Waals surface area contributed by atoms with Gasteiger partial charge in [0.1, 0.15) is 0 Å². The van der Waals surface area contributed by atoms with Crippen LogP contribution in [0, 0.1) is 0 Å². The van der Waals surface area contributed by atoms with Crippen LogP contribution in [0.5, 0.6) is 0 Å². The van der Waals surface area contributed by atoms with E-state index in [2.05, 4.69) is 478 Å². The second kappa shape index (κ2) is 28.4. The lowest BCUT2D eigenvalue weighted by molar-refractivity contribution is 0.568. The summed E-state index contributed by atoms with van der Waals surface area (Å²) >= 11 is 0. The number of nitrogens with zero attached hydrogens (tertiary/aromatic N) is 2. The van der Waals surface area contributed by atoms with E-state index < -0.39 is 10.8 Å². The van der Waals surface area contributed by atoms with E-state index in [1.807, 2.05) is 0 Å². The highest BCUT2D eigenvalue weighted by molar-refractivity contribution is 7.00. The largest absolute Gasteiger partial charge is 0.311 e. The van der Waals surface area contributed by atoms with E-state index in [1.54, 1.807) is 0 Å². The zero-order valence-electron chi connectivity index (χ0n) is 72.6. The highest BCUT2D eigenvalue weighted by Gasteiger charge is 2.51. The SMILES string of the molecule is CC(C)(C)c1ccc(-c2cc3c4c(c2)N(c2ccccc2-c2cc(C(C)(C)C)cc(C(C)(C)C)c2)c2ccc(-c5cccc6c5-c5ccccc5C6(c5ccccc5)c5ccccc5)cc2B4c2cc(-c4cccc5c4-c4ccccc4C5(c4ccccc4)c4ccccc4)ccc2N3c2ccccc2-c2cc(C(C)(C)C)cc(C(C)(C)C)c2)cc1. The van der Waals surface area contributed by atoms with Gasteiger partial charge in [-0.15, -0.1) is 0 Å². The molecular formula is C118H105BN2. The molecule has 2 aliphatic heterocycles. The van der Waals surface area contributed by atoms with Crippen LogP contribution in [0.3, 0.4) is 0 Å². The zero-order chi connectivity index (χ0) is 83.4. The molecule has 0 aromatic heterocycles. The fourth-order valence-electron chi connectivity index (χ4n) is 20.8. The van der Waals surface area contributed by atoms with Crippen LogP contribution < -0.4 is 26.2 Å². The van der Waals surface area contributed by atoms with Gasteiger partial charge >= 0.3 is 0 Å². The Balaban J connectivity index is 0.929. The lowest BCUT2D eigenvalue weighted by Crippen LogP contribution is -2.61. The molecule has 0 unspecified atom stereocenters. The monoisotopic (exact) mass is 1560 g/mol. The summed E-state index contributed by atoms with van der Waals surface area (Å²) in [6, 6.07) is 141. The van der Waals surface area contributed by atoms with Gasteiger partial charge in [0.25, 0.3) is 6.71 Å². The first-order valence-electron chi connectivity index (χ1n) is 43.6. The molecule has 2 aliphatic carbocycles. The predicted octanol–water partition coefficient (Wildman–Crippen LogP) is 29.3. The van der Waals surface area contributed by atoms with E-state index in [9.17, 15) is 0 Å². The molecule has 0 saturated heterocycles. The summed E-state index contributed by atoms with van der Waals surface area (Å²) < 4.78 is 0. The van der Waals surface area contributed by atoms with Crippen LogP contribution in [-0.2, 0) is 37.9 Å². The molecule has 2 nitrogen and oxygen atoms in total. The minimum atomic E-state index is -0.601. The standard InChI is InChI=1S/C118H105BN2/c1-112(2,3)82-62-58-76(59-63-82)79-72-107-111-108(73-79)121(104-57-35-31-47-92(104)81-68-89(115(10,11)12)75-90(69-81)116(13,14)15)106-65-61-78(94-51-37-55-100-110(94)96-49-29-33-53-98(96)118(100,85-42-24-18-25-43-85)86-44-26-19-27-45-86)71-102(106)119(111)101-70-77(60-64-105(101)120(107)103-56-34-30-46-91(103)80-66-87(113(4,5)6)74-88(67-80)114(7,8)9)93-50-36-54-99-109(93)95-48-28-32-52-97(95)117(99,83-38-20-16-21-39-83)84-40-22-17-23-41-84/h16-75H,1-15H3. The van der Waals surface area contributed by atoms with E-state index >= 15 is 0 Å². The Labute approximate surface area is 718 Å². The van der Waals surface area contributed by atoms with Gasteiger partial charge in [0, 0.05) is 33.9 Å². The Morgan fingerprint density at radius 1 is 0.198 bits per heavy atom. The lowest BCUT2D eigenvalue weighted by Gasteiger charge is -2.45. The zero-order valence-corrected chi connectivity index (χ0v) is 72.6. The number of fused-ring (bicyclic) bond motifs is 10. The van der Waals surface area contributed by atoms with Crippen LogP contribution in [0.25, 0.3) is 77.9 Å². The topological polar surface area (TPSA) is 6.48 Å². The molecule has 0 bridgehead atoms. The molecule has 16 aromatic carbocycles. The summed E-state index contributed by atoms with van der Waals surface area (Å²) in [7, 11) is 0. The van der Waals surface area contributed by atoms with Gasteiger partial charge in [-0.25, -0.2) is 0 Å². The van der Waals surface area contributed by atoms with E-state index in [0.29, 0.717) is 0 Å². The number of rotatable bonds is 11. The number of benzene rings is 16. The molecule has 0 amide bonds. The number of hydrogen-bond acceptors (Lipinski definition) is 2. The molecular weight excluding hydrogens is 1460 g/mol. The quantitative estimate of drug-likeness (QED) is 0.119. The van der Waals surface area contributed by atoms with Gasteiger partial charge in [-0.2, -0.15) is 0 Å². The maximum atomic E-state index is 2.70. The normalized spacial score (nSPS) is 14.2. The minimum Gasteiger partial charge on any atom is -0.311 e. The molecule has 0 N–H and O–H groups in total. The van der Waals surface area contributed by atoms with Crippen molar-refractivity contribution in [1.82, 2.24) is 0 Å². The molecule has 4 aliphatic rings. The van der Waals surface area contributed by atoms with E-state index in [0.717, 1.165) is 45.3 Å². The number of anilines is 6. The van der Waals surface area contributed by atoms with Crippen molar-refractivity contribution >= 4 is 57.2 Å². The average Bonchev–Trinajstić information content (AvgIpc) is 1.62. The summed E-state index contributed by atoms with van der Waals surface area (Å²) in [5.74, 6) is 0. The van der Waals surface area contributed by atoms with Crippen molar-refractivity contribution in [2.45, 2.75) is 142 Å². The number of para-hydroxylation sites is 2. The highest BCUT2D eigenvalue weighted by atomic mass is 15.2. The van der Waals surface area contributed by atoms with Gasteiger partial charge in [0.05, 0.1) is 22.2 Å². The van der Waals surface area contributed by atoms with Crippen LogP contribution >= 0.6 is 0 Å². The van der Waals surface area contributed by atoms with Crippen LogP contribution in [-0.4, -0.2) is 6.71 Å². The summed E-state index contributed by atoms with van der Waals surface area (Å²) in [6.07, 6.45) is 0. The van der Waals surface area contributed by atoms with E-state index in [4.69, 9.17) is 0 Å². The van der Waals surface area contributed by atoms with Crippen LogP contribution in [0.15, 0.2) is 364 Å². The third kappa shape index (κ3) is 12.4. The summed E-state index contributed by atoms with van der Waals surface area (Å²) in [6.45, 7) is 35.0. The smallest absolute Gasteiger partial charge is 0.252 e. The van der Waals surface area contributed by atoms with Crippen molar-refractivity contribution in [3.8, 4) is 77.9 Å². The van der Waals surface area contributed by atoms with Crippen molar-refractivity contribution in [2.75, 3.05) is 9.80 Å². The van der Waals surface area contributed by atoms with Crippen molar-refractivity contribution in [1.29, 1.82) is 0 Å². The van der Waals surface area contributed by atoms with E-state index in [-0.39, 0.29) is 33.8 Å². The van der Waals surface area contributed by atoms with Crippen molar-refractivity contribution in [3.05, 3.63) is 436 Å². The summed E-state index contributed by atoms with van der Waals surface area (Å²) in [4.78, 5) is 5.40. The molecule has 0 atom stereocenters. The second-order valence-corrected chi connectivity index (χ2v) is 39.6. The molecule has 3 heteroatoms. The first kappa shape index (κ1) is 76.8. The van der Waals surface area contributed by atoms with Gasteiger partial charge in [0.2, 0.25) is 0 Å². The Bertz CT molecular complexity index is 6250.